The SMILES string of the molecule is CCC(=O)N(c1ccc(Cl)cc1)c1cccc(F)c1. The number of rotatable bonds is 3. The number of carbonyl (C=O) groups is 1. The number of hydrogen-bond acceptors (Lipinski definition) is 1. The first kappa shape index (κ1) is 13.6. The maximum atomic E-state index is 13.3. The van der Waals surface area contributed by atoms with Crippen molar-refractivity contribution in [3.05, 3.63) is 59.4 Å². The van der Waals surface area contributed by atoms with Crippen LogP contribution in [0, 0.1) is 5.82 Å². The number of anilines is 2. The molecule has 98 valence electrons. The van der Waals surface area contributed by atoms with Crippen LogP contribution in [0.15, 0.2) is 48.5 Å². The summed E-state index contributed by atoms with van der Waals surface area (Å²) in [6.45, 7) is 1.77. The van der Waals surface area contributed by atoms with Gasteiger partial charge in [0.1, 0.15) is 5.82 Å². The third-order valence-electron chi connectivity index (χ3n) is 2.70. The topological polar surface area (TPSA) is 20.3 Å². The van der Waals surface area contributed by atoms with Gasteiger partial charge in [0, 0.05) is 17.1 Å². The normalized spacial score (nSPS) is 10.3. The minimum absolute atomic E-state index is 0.104. The molecular formula is C15H13ClFNO. The minimum atomic E-state index is -0.375. The zero-order valence-electron chi connectivity index (χ0n) is 10.4. The lowest BCUT2D eigenvalue weighted by Gasteiger charge is -2.22. The Kier molecular flexibility index (Phi) is 4.17. The van der Waals surface area contributed by atoms with Gasteiger partial charge in [-0.2, -0.15) is 0 Å². The van der Waals surface area contributed by atoms with Gasteiger partial charge in [-0.1, -0.05) is 24.6 Å². The Hall–Kier alpha value is -1.87. The second-order valence-electron chi connectivity index (χ2n) is 4.04. The molecule has 0 atom stereocenters. The molecule has 0 aliphatic carbocycles. The lowest BCUT2D eigenvalue weighted by molar-refractivity contribution is -0.117. The highest BCUT2D eigenvalue weighted by Crippen LogP contribution is 2.27. The standard InChI is InChI=1S/C15H13ClFNO/c1-2-15(19)18(13-8-6-11(16)7-9-13)14-5-3-4-12(17)10-14/h3-10H,2H2,1H3. The van der Waals surface area contributed by atoms with Crippen molar-refractivity contribution in [2.24, 2.45) is 0 Å². The van der Waals surface area contributed by atoms with Gasteiger partial charge in [-0.15, -0.1) is 0 Å². The highest BCUT2D eigenvalue weighted by atomic mass is 35.5. The molecule has 0 saturated carbocycles. The van der Waals surface area contributed by atoms with Crippen LogP contribution in [-0.2, 0) is 4.79 Å². The third-order valence-corrected chi connectivity index (χ3v) is 2.96. The zero-order valence-corrected chi connectivity index (χ0v) is 11.2. The van der Waals surface area contributed by atoms with Crippen molar-refractivity contribution in [2.45, 2.75) is 13.3 Å². The van der Waals surface area contributed by atoms with Gasteiger partial charge in [-0.25, -0.2) is 4.39 Å². The third kappa shape index (κ3) is 3.12. The lowest BCUT2D eigenvalue weighted by atomic mass is 10.2. The van der Waals surface area contributed by atoms with Crippen LogP contribution in [0.2, 0.25) is 5.02 Å². The molecule has 2 nitrogen and oxygen atoms in total. The summed E-state index contributed by atoms with van der Waals surface area (Å²) in [6.07, 6.45) is 0.332. The molecule has 0 spiro atoms. The van der Waals surface area contributed by atoms with E-state index in [-0.39, 0.29) is 11.7 Å². The molecule has 0 N–H and O–H groups in total. The Morgan fingerprint density at radius 3 is 2.42 bits per heavy atom. The fraction of sp³-hybridized carbons (Fsp3) is 0.133. The predicted octanol–water partition coefficient (Wildman–Crippen LogP) is 4.55. The molecule has 0 radical (unpaired) electrons. The number of carbonyl (C=O) groups excluding carboxylic acids is 1. The molecule has 1 amide bonds. The molecule has 4 heteroatoms. The van der Waals surface area contributed by atoms with E-state index in [1.54, 1.807) is 43.3 Å². The van der Waals surface area contributed by atoms with E-state index < -0.39 is 0 Å². The van der Waals surface area contributed by atoms with Crippen LogP contribution in [0.3, 0.4) is 0 Å². The van der Waals surface area contributed by atoms with Crippen molar-refractivity contribution < 1.29 is 9.18 Å². The van der Waals surface area contributed by atoms with Gasteiger partial charge in [-0.05, 0) is 42.5 Å². The maximum Gasteiger partial charge on any atom is 0.231 e. The van der Waals surface area contributed by atoms with Gasteiger partial charge in [-0.3, -0.25) is 9.69 Å². The molecule has 2 aromatic rings. The Bertz CT molecular complexity index is 583. The van der Waals surface area contributed by atoms with E-state index in [9.17, 15) is 9.18 Å². The average molecular weight is 278 g/mol. The van der Waals surface area contributed by atoms with Gasteiger partial charge in [0.2, 0.25) is 5.91 Å². The molecule has 2 rings (SSSR count). The van der Waals surface area contributed by atoms with Gasteiger partial charge < -0.3 is 0 Å². The summed E-state index contributed by atoms with van der Waals surface area (Å²) in [5.74, 6) is -0.478. The summed E-state index contributed by atoms with van der Waals surface area (Å²) < 4.78 is 13.3. The average Bonchev–Trinajstić information content (AvgIpc) is 2.41. The number of halogens is 2. The molecule has 0 aromatic heterocycles. The second kappa shape index (κ2) is 5.85. The Labute approximate surface area is 116 Å². The number of nitrogens with zero attached hydrogens (tertiary/aromatic N) is 1. The first-order valence-corrected chi connectivity index (χ1v) is 6.33. The lowest BCUT2D eigenvalue weighted by Crippen LogP contribution is -2.24. The summed E-state index contributed by atoms with van der Waals surface area (Å²) in [5, 5.41) is 0.590. The highest BCUT2D eigenvalue weighted by molar-refractivity contribution is 6.30. The number of benzene rings is 2. The van der Waals surface area contributed by atoms with Crippen molar-refractivity contribution in [1.29, 1.82) is 0 Å². The molecule has 0 aliphatic rings. The molecule has 0 fully saturated rings. The van der Waals surface area contributed by atoms with E-state index in [0.717, 1.165) is 0 Å². The van der Waals surface area contributed by atoms with E-state index in [4.69, 9.17) is 11.6 Å². The first-order chi connectivity index (χ1) is 9.11. The summed E-state index contributed by atoms with van der Waals surface area (Å²) in [7, 11) is 0. The van der Waals surface area contributed by atoms with Gasteiger partial charge in [0.25, 0.3) is 0 Å². The van der Waals surface area contributed by atoms with Crippen LogP contribution < -0.4 is 4.90 Å². The van der Waals surface area contributed by atoms with Crippen LogP contribution in [0.25, 0.3) is 0 Å². The Balaban J connectivity index is 2.47. The summed E-state index contributed by atoms with van der Waals surface area (Å²) in [6, 6.07) is 12.8. The fourth-order valence-corrected chi connectivity index (χ4v) is 1.93. The molecule has 0 unspecified atom stereocenters. The van der Waals surface area contributed by atoms with Crippen molar-refractivity contribution >= 4 is 28.9 Å². The quantitative estimate of drug-likeness (QED) is 0.806. The van der Waals surface area contributed by atoms with E-state index in [2.05, 4.69) is 0 Å². The van der Waals surface area contributed by atoms with E-state index in [1.165, 1.54) is 17.0 Å². The molecule has 0 bridgehead atoms. The van der Waals surface area contributed by atoms with Crippen molar-refractivity contribution in [3.8, 4) is 0 Å². The first-order valence-electron chi connectivity index (χ1n) is 5.96. The summed E-state index contributed by atoms with van der Waals surface area (Å²) >= 11 is 5.84. The van der Waals surface area contributed by atoms with Crippen molar-refractivity contribution in [2.75, 3.05) is 4.90 Å². The number of amides is 1. The van der Waals surface area contributed by atoms with E-state index in [1.807, 2.05) is 0 Å². The molecule has 0 heterocycles. The fourth-order valence-electron chi connectivity index (χ4n) is 1.80. The summed E-state index contributed by atoms with van der Waals surface area (Å²) in [4.78, 5) is 13.6. The Morgan fingerprint density at radius 1 is 1.16 bits per heavy atom. The number of hydrogen-bond donors (Lipinski definition) is 0. The summed E-state index contributed by atoms with van der Waals surface area (Å²) in [5.41, 5.74) is 1.18. The minimum Gasteiger partial charge on any atom is -0.281 e. The van der Waals surface area contributed by atoms with Crippen LogP contribution in [0.5, 0.6) is 0 Å². The Morgan fingerprint density at radius 2 is 1.84 bits per heavy atom. The van der Waals surface area contributed by atoms with Crippen molar-refractivity contribution in [3.63, 3.8) is 0 Å². The molecule has 0 aliphatic heterocycles. The van der Waals surface area contributed by atoms with E-state index in [0.29, 0.717) is 22.8 Å². The zero-order chi connectivity index (χ0) is 13.8. The van der Waals surface area contributed by atoms with Crippen LogP contribution in [-0.4, -0.2) is 5.91 Å². The molecule has 2 aromatic carbocycles. The largest absolute Gasteiger partial charge is 0.281 e. The van der Waals surface area contributed by atoms with Crippen LogP contribution in [0.4, 0.5) is 15.8 Å². The monoisotopic (exact) mass is 277 g/mol. The van der Waals surface area contributed by atoms with E-state index >= 15 is 0 Å². The predicted molar refractivity (Wildman–Crippen MR) is 75.3 cm³/mol. The smallest absolute Gasteiger partial charge is 0.231 e. The van der Waals surface area contributed by atoms with Crippen LogP contribution in [0.1, 0.15) is 13.3 Å². The molecule has 0 saturated heterocycles. The molecule has 19 heavy (non-hydrogen) atoms. The van der Waals surface area contributed by atoms with Gasteiger partial charge in [0.05, 0.1) is 5.69 Å². The van der Waals surface area contributed by atoms with Gasteiger partial charge in [0.15, 0.2) is 0 Å². The van der Waals surface area contributed by atoms with Crippen LogP contribution >= 0.6 is 11.6 Å². The molecular weight excluding hydrogens is 265 g/mol. The van der Waals surface area contributed by atoms with Crippen molar-refractivity contribution in [1.82, 2.24) is 0 Å². The van der Waals surface area contributed by atoms with Gasteiger partial charge >= 0.3 is 0 Å². The maximum absolute atomic E-state index is 13.3. The highest BCUT2D eigenvalue weighted by Gasteiger charge is 2.16. The second-order valence-corrected chi connectivity index (χ2v) is 4.48.